The minimum atomic E-state index is -0.598. The van der Waals surface area contributed by atoms with E-state index in [-0.39, 0.29) is 5.91 Å². The number of amides is 1. The van der Waals surface area contributed by atoms with Crippen LogP contribution in [-0.4, -0.2) is 28.9 Å². The van der Waals surface area contributed by atoms with Gasteiger partial charge in [0.25, 0.3) is 0 Å². The van der Waals surface area contributed by atoms with Crippen molar-refractivity contribution in [2.24, 2.45) is 17.1 Å². The molecule has 2 N–H and O–H groups in total. The number of hydrogen-bond acceptors (Lipinski definition) is 2. The van der Waals surface area contributed by atoms with Gasteiger partial charge in [-0.2, -0.15) is 0 Å². The van der Waals surface area contributed by atoms with Crippen LogP contribution in [0.1, 0.15) is 59.3 Å². The number of nitrogens with two attached hydrogens (primary N) is 1. The third kappa shape index (κ3) is 3.68. The van der Waals surface area contributed by atoms with E-state index in [4.69, 9.17) is 18.0 Å². The normalized spacial score (nSPS) is 17.5. The van der Waals surface area contributed by atoms with Gasteiger partial charge in [-0.15, -0.1) is 0 Å². The molecule has 3 nitrogen and oxygen atoms in total. The molecule has 19 heavy (non-hydrogen) atoms. The minimum absolute atomic E-state index is 0.176. The Balaban J connectivity index is 2.89. The maximum absolute atomic E-state index is 12.9. The van der Waals surface area contributed by atoms with Crippen LogP contribution < -0.4 is 5.73 Å². The van der Waals surface area contributed by atoms with Crippen molar-refractivity contribution in [3.8, 4) is 0 Å². The van der Waals surface area contributed by atoms with Crippen molar-refractivity contribution in [2.75, 3.05) is 13.1 Å². The van der Waals surface area contributed by atoms with E-state index < -0.39 is 5.41 Å². The second-order valence-corrected chi connectivity index (χ2v) is 6.36. The van der Waals surface area contributed by atoms with Crippen LogP contribution in [0, 0.1) is 11.3 Å². The largest absolute Gasteiger partial charge is 0.392 e. The van der Waals surface area contributed by atoms with Gasteiger partial charge in [-0.1, -0.05) is 45.8 Å². The van der Waals surface area contributed by atoms with Crippen LogP contribution in [0.15, 0.2) is 0 Å². The number of rotatable bonds is 6. The number of nitrogens with zero attached hydrogens (tertiary/aromatic N) is 1. The zero-order valence-corrected chi connectivity index (χ0v) is 13.4. The maximum atomic E-state index is 12.9. The van der Waals surface area contributed by atoms with Crippen molar-refractivity contribution >= 4 is 23.1 Å². The smallest absolute Gasteiger partial charge is 0.235 e. The van der Waals surface area contributed by atoms with Crippen LogP contribution in [0.3, 0.4) is 0 Å². The van der Waals surface area contributed by atoms with E-state index in [1.165, 1.54) is 0 Å². The predicted octanol–water partition coefficient (Wildman–Crippen LogP) is 3.12. The van der Waals surface area contributed by atoms with E-state index in [2.05, 4.69) is 20.8 Å². The number of carbonyl (C=O) groups is 1. The van der Waals surface area contributed by atoms with E-state index in [1.807, 2.05) is 4.90 Å². The highest BCUT2D eigenvalue weighted by Gasteiger charge is 2.42. The number of carbonyl (C=O) groups excluding carboxylic acids is 1. The molecule has 1 fully saturated rings. The van der Waals surface area contributed by atoms with E-state index in [9.17, 15) is 4.79 Å². The first-order valence-electron chi connectivity index (χ1n) is 7.57. The van der Waals surface area contributed by atoms with Crippen LogP contribution >= 0.6 is 12.2 Å². The summed E-state index contributed by atoms with van der Waals surface area (Å²) in [5.74, 6) is 0.899. The van der Waals surface area contributed by atoms with Crippen molar-refractivity contribution in [2.45, 2.75) is 59.3 Å². The summed E-state index contributed by atoms with van der Waals surface area (Å²) in [7, 11) is 0. The van der Waals surface area contributed by atoms with Gasteiger partial charge in [0.15, 0.2) is 0 Å². The summed E-state index contributed by atoms with van der Waals surface area (Å²) in [6, 6.07) is 0. The van der Waals surface area contributed by atoms with Crippen LogP contribution in [0.2, 0.25) is 0 Å². The average molecular weight is 284 g/mol. The molecule has 110 valence electrons. The van der Waals surface area contributed by atoms with E-state index >= 15 is 0 Å². The molecule has 1 heterocycles. The highest BCUT2D eigenvalue weighted by Crippen LogP contribution is 2.34. The molecule has 0 saturated carbocycles. The molecular formula is C15H28N2OS. The van der Waals surface area contributed by atoms with Crippen molar-refractivity contribution in [3.05, 3.63) is 0 Å². The third-order valence-corrected chi connectivity index (χ3v) is 4.70. The minimum Gasteiger partial charge on any atom is -0.392 e. The van der Waals surface area contributed by atoms with Gasteiger partial charge in [0.1, 0.15) is 0 Å². The van der Waals surface area contributed by atoms with Gasteiger partial charge in [0.2, 0.25) is 5.91 Å². The fourth-order valence-corrected chi connectivity index (χ4v) is 3.35. The van der Waals surface area contributed by atoms with Gasteiger partial charge >= 0.3 is 0 Å². The maximum Gasteiger partial charge on any atom is 0.235 e. The van der Waals surface area contributed by atoms with E-state index in [0.717, 1.165) is 57.5 Å². The molecule has 0 radical (unpaired) electrons. The Morgan fingerprint density at radius 3 is 2.11 bits per heavy atom. The zero-order chi connectivity index (χ0) is 14.5. The molecule has 1 saturated heterocycles. The Bertz CT molecular complexity index is 316. The summed E-state index contributed by atoms with van der Waals surface area (Å²) in [6.07, 6.45) is 5.62. The monoisotopic (exact) mass is 284 g/mol. The molecule has 0 aromatic carbocycles. The van der Waals surface area contributed by atoms with Crippen molar-refractivity contribution in [3.63, 3.8) is 0 Å². The number of hydrogen-bond donors (Lipinski definition) is 1. The SMILES string of the molecule is CCCC(CCC)(C(=O)N1CCC(C)CC1)C(N)=S. The molecular weight excluding hydrogens is 256 g/mol. The first-order valence-corrected chi connectivity index (χ1v) is 7.98. The molecule has 4 heteroatoms. The van der Waals surface area contributed by atoms with Gasteiger partial charge < -0.3 is 10.6 Å². The highest BCUT2D eigenvalue weighted by atomic mass is 32.1. The molecule has 1 amide bonds. The predicted molar refractivity (Wildman–Crippen MR) is 84.0 cm³/mol. The molecule has 1 aliphatic heterocycles. The summed E-state index contributed by atoms with van der Waals surface area (Å²) >= 11 is 5.26. The Hall–Kier alpha value is -0.640. The quantitative estimate of drug-likeness (QED) is 0.762. The van der Waals surface area contributed by atoms with Crippen LogP contribution in [0.5, 0.6) is 0 Å². The van der Waals surface area contributed by atoms with Crippen LogP contribution in [0.25, 0.3) is 0 Å². The lowest BCUT2D eigenvalue weighted by molar-refractivity contribution is -0.140. The lowest BCUT2D eigenvalue weighted by Gasteiger charge is -2.39. The summed E-state index contributed by atoms with van der Waals surface area (Å²) in [5.41, 5.74) is 5.36. The van der Waals surface area contributed by atoms with Gasteiger partial charge in [0.05, 0.1) is 10.4 Å². The second kappa shape index (κ2) is 7.22. The third-order valence-electron chi connectivity index (χ3n) is 4.31. The molecule has 0 aromatic rings. The van der Waals surface area contributed by atoms with Crippen LogP contribution in [-0.2, 0) is 4.79 Å². The summed E-state index contributed by atoms with van der Waals surface area (Å²) in [5, 5.41) is 0. The molecule has 0 aromatic heterocycles. The summed E-state index contributed by atoms with van der Waals surface area (Å²) in [6.45, 7) is 8.15. The first kappa shape index (κ1) is 16.4. The van der Waals surface area contributed by atoms with Gasteiger partial charge in [-0.3, -0.25) is 4.79 Å². The fourth-order valence-electron chi connectivity index (χ4n) is 3.06. The van der Waals surface area contributed by atoms with Gasteiger partial charge in [-0.05, 0) is 31.6 Å². The Morgan fingerprint density at radius 1 is 1.26 bits per heavy atom. The first-order chi connectivity index (χ1) is 8.97. The van der Waals surface area contributed by atoms with Crippen molar-refractivity contribution < 1.29 is 4.79 Å². The standard InChI is InChI=1S/C15H28N2OS/c1-4-8-15(9-5-2,13(16)19)14(18)17-10-6-12(3)7-11-17/h12H,4-11H2,1-3H3,(H2,16,19). The fraction of sp³-hybridized carbons (Fsp3) is 0.867. The van der Waals surface area contributed by atoms with Crippen LogP contribution in [0.4, 0.5) is 0 Å². The molecule has 1 aliphatic rings. The van der Waals surface area contributed by atoms with Gasteiger partial charge in [0, 0.05) is 13.1 Å². The van der Waals surface area contributed by atoms with Gasteiger partial charge in [-0.25, -0.2) is 0 Å². The number of thiocarbonyl (C=S) groups is 1. The lowest BCUT2D eigenvalue weighted by atomic mass is 9.77. The van der Waals surface area contributed by atoms with Crippen molar-refractivity contribution in [1.82, 2.24) is 4.90 Å². The number of piperidine rings is 1. The topological polar surface area (TPSA) is 46.3 Å². The highest BCUT2D eigenvalue weighted by molar-refractivity contribution is 7.80. The summed E-state index contributed by atoms with van der Waals surface area (Å²) in [4.78, 5) is 15.3. The van der Waals surface area contributed by atoms with E-state index in [0.29, 0.717) is 4.99 Å². The molecule has 0 unspecified atom stereocenters. The Labute approximate surface area is 122 Å². The zero-order valence-electron chi connectivity index (χ0n) is 12.6. The molecule has 0 spiro atoms. The Morgan fingerprint density at radius 2 is 1.74 bits per heavy atom. The molecule has 0 aliphatic carbocycles. The van der Waals surface area contributed by atoms with Crippen molar-refractivity contribution in [1.29, 1.82) is 0 Å². The molecule has 1 rings (SSSR count). The molecule has 0 atom stereocenters. The Kier molecular flexibility index (Phi) is 6.24. The molecule has 0 bridgehead atoms. The summed E-state index contributed by atoms with van der Waals surface area (Å²) < 4.78 is 0. The number of likely N-dealkylation sites (tertiary alicyclic amines) is 1. The lowest BCUT2D eigenvalue weighted by Crippen LogP contribution is -2.52. The van der Waals surface area contributed by atoms with E-state index in [1.54, 1.807) is 0 Å². The average Bonchev–Trinajstić information content (AvgIpc) is 2.38. The second-order valence-electron chi connectivity index (χ2n) is 5.92.